The summed E-state index contributed by atoms with van der Waals surface area (Å²) in [5.74, 6) is -9.75. The van der Waals surface area contributed by atoms with Crippen LogP contribution in [0.3, 0.4) is 0 Å². The Morgan fingerprint density at radius 3 is 1.55 bits per heavy atom. The molecule has 0 saturated heterocycles. The first-order valence-corrected chi connectivity index (χ1v) is 21.9. The van der Waals surface area contributed by atoms with Crippen LogP contribution in [0.2, 0.25) is 0 Å². The van der Waals surface area contributed by atoms with Crippen molar-refractivity contribution in [1.29, 1.82) is 0 Å². The molecule has 2 heterocycles. The molecule has 0 bridgehead atoms. The van der Waals surface area contributed by atoms with Crippen molar-refractivity contribution >= 4 is 33.0 Å². The number of aryl methyl sites for hydroxylation is 1. The number of nitrogens with one attached hydrogen (secondary N) is 2. The number of hydrogen-bond donors (Lipinski definition) is 4. The number of alkyl halides is 8. The van der Waals surface area contributed by atoms with Crippen LogP contribution in [0.1, 0.15) is 73.5 Å². The van der Waals surface area contributed by atoms with E-state index in [4.69, 9.17) is 5.11 Å². The highest BCUT2D eigenvalue weighted by atomic mass is 31.0. The summed E-state index contributed by atoms with van der Waals surface area (Å²) in [4.78, 5) is 69.4. The molecule has 4 aromatic carbocycles. The van der Waals surface area contributed by atoms with Crippen molar-refractivity contribution in [3.05, 3.63) is 210 Å². The van der Waals surface area contributed by atoms with Gasteiger partial charge >= 0.3 is 24.3 Å². The Morgan fingerprint density at radius 2 is 1.07 bits per heavy atom. The summed E-state index contributed by atoms with van der Waals surface area (Å²) < 4.78 is 161. The van der Waals surface area contributed by atoms with Gasteiger partial charge in [-0.2, -0.15) is 35.1 Å². The molecule has 0 aliphatic heterocycles. The van der Waals surface area contributed by atoms with Gasteiger partial charge in [-0.3, -0.25) is 24.0 Å². The molecule has 0 saturated carbocycles. The van der Waals surface area contributed by atoms with Gasteiger partial charge in [0.2, 0.25) is 0 Å². The van der Waals surface area contributed by atoms with Gasteiger partial charge in [0.15, 0.2) is 0 Å². The number of halogens is 12. The van der Waals surface area contributed by atoms with E-state index in [2.05, 4.69) is 0 Å². The number of carboxylic acids is 2. The van der Waals surface area contributed by atoms with Crippen LogP contribution < -0.4 is 21.8 Å². The van der Waals surface area contributed by atoms with Gasteiger partial charge in [-0.15, -0.1) is 0 Å². The first-order chi connectivity index (χ1) is 34.5. The van der Waals surface area contributed by atoms with E-state index in [0.29, 0.717) is 10.8 Å². The summed E-state index contributed by atoms with van der Waals surface area (Å²) in [7, 11) is 1.09. The summed E-state index contributed by atoms with van der Waals surface area (Å²) in [6.45, 7) is 4.75. The van der Waals surface area contributed by atoms with E-state index in [1.165, 1.54) is 36.5 Å². The van der Waals surface area contributed by atoms with Crippen LogP contribution in [-0.4, -0.2) is 55.7 Å². The minimum Gasteiger partial charge on any atom is -0.480 e. The molecule has 2 aromatic heterocycles. The summed E-state index contributed by atoms with van der Waals surface area (Å²) in [6, 6.07) is 18.7. The normalized spacial score (nSPS) is 11.6. The largest absolute Gasteiger partial charge is 0.480 e. The first kappa shape index (κ1) is 60.6. The fourth-order valence-electron chi connectivity index (χ4n) is 6.41. The predicted octanol–water partition coefficient (Wildman–Crippen LogP) is 9.57. The molecule has 12 nitrogen and oxygen atoms in total. The van der Waals surface area contributed by atoms with E-state index in [1.807, 2.05) is 49.6 Å². The molecule has 6 aromatic rings. The Hall–Kier alpha value is -7.75. The molecular formula is C49H43F12N4O8P. The number of carbonyl (C=O) groups excluding carboxylic acids is 2. The second-order valence-electron chi connectivity index (χ2n) is 15.2. The second kappa shape index (κ2) is 26.3. The van der Waals surface area contributed by atoms with Crippen LogP contribution in [0.5, 0.6) is 0 Å². The molecule has 2 atom stereocenters. The molecule has 0 radical (unpaired) electrons. The number of hydrogen-bond acceptors (Lipinski definition) is 6. The zero-order valence-corrected chi connectivity index (χ0v) is 39.9. The highest BCUT2D eigenvalue weighted by molar-refractivity contribution is 7.17. The standard InChI is InChI=1S/C24H18F7N2O4P.C14H12F3NO.C9H7F2NO3.C2H6/c25-16-5-2-6-17(26)19(16)20(34)32-18(22(36)37)8-12-3-1-4-13(7-12)10-33-11-14(24(30,31)38)9-15(21(33)35)23(27,28)29;1-10-4-2-5-11(8-10)9-18-7-3-6-12(13(18)19)14(15,16)17;10-5-2-1-3-6(11)8(5)9(15)12-4-7(13)14;1-2/h1-7,9,11,18H,8,10,38H2,(H,32,34)(H,36,37);2-8H,9H2,1H3;1-3H,4H2,(H,12,15)(H,13,14);1-2H3/t18-;;;/m0.../s1. The third-order valence-corrected chi connectivity index (χ3v) is 10.0. The Kier molecular flexibility index (Phi) is 21.5. The summed E-state index contributed by atoms with van der Waals surface area (Å²) in [5.41, 5.74) is -9.96. The molecule has 74 heavy (non-hydrogen) atoms. The van der Waals surface area contributed by atoms with E-state index < -0.39 is 130 Å². The molecule has 6 rings (SSSR count). The predicted molar refractivity (Wildman–Crippen MR) is 247 cm³/mol. The molecule has 0 fully saturated rings. The molecule has 0 spiro atoms. The molecule has 4 N–H and O–H groups in total. The Labute approximate surface area is 414 Å². The average molecular weight is 1070 g/mol. The third-order valence-electron chi connectivity index (χ3n) is 9.70. The number of amides is 2. The summed E-state index contributed by atoms with van der Waals surface area (Å²) >= 11 is 0. The molecule has 0 aliphatic rings. The quantitative estimate of drug-likeness (QED) is 0.0653. The Bertz CT molecular complexity index is 3040. The lowest BCUT2D eigenvalue weighted by Crippen LogP contribution is -2.43. The van der Waals surface area contributed by atoms with Crippen LogP contribution in [0, 0.1) is 30.2 Å². The van der Waals surface area contributed by atoms with E-state index in [9.17, 15) is 86.6 Å². The lowest BCUT2D eigenvalue weighted by molar-refractivity contribution is -0.140. The summed E-state index contributed by atoms with van der Waals surface area (Å²) in [5, 5.41) is 21.6. The average Bonchev–Trinajstić information content (AvgIpc) is 3.29. The fourth-order valence-corrected chi connectivity index (χ4v) is 6.57. The number of benzene rings is 4. The molecule has 25 heteroatoms. The highest BCUT2D eigenvalue weighted by Gasteiger charge is 2.38. The van der Waals surface area contributed by atoms with Gasteiger partial charge in [-0.05, 0) is 66.1 Å². The number of carbonyl (C=O) groups is 4. The number of nitrogens with zero attached hydrogens (tertiary/aromatic N) is 2. The molecular weight excluding hydrogens is 1030 g/mol. The maximum atomic E-state index is 13.9. The smallest absolute Gasteiger partial charge is 0.421 e. The van der Waals surface area contributed by atoms with Gasteiger partial charge in [-0.25, -0.2) is 22.4 Å². The number of aliphatic carboxylic acids is 2. The van der Waals surface area contributed by atoms with Gasteiger partial charge in [0, 0.05) is 24.4 Å². The second-order valence-corrected chi connectivity index (χ2v) is 15.9. The van der Waals surface area contributed by atoms with Gasteiger partial charge in [-0.1, -0.05) is 89.3 Å². The first-order valence-electron chi connectivity index (χ1n) is 21.3. The zero-order valence-electron chi connectivity index (χ0n) is 38.7. The lowest BCUT2D eigenvalue weighted by Gasteiger charge is -2.18. The molecule has 396 valence electrons. The number of pyridine rings is 2. The van der Waals surface area contributed by atoms with Crippen molar-refractivity contribution < 1.29 is 82.1 Å². The topological polar surface area (TPSA) is 177 Å². The molecule has 0 aliphatic carbocycles. The Balaban J connectivity index is 0.000000331. The third kappa shape index (κ3) is 17.5. The van der Waals surface area contributed by atoms with Crippen LogP contribution >= 0.6 is 9.24 Å². The van der Waals surface area contributed by atoms with Crippen molar-refractivity contribution in [3.63, 3.8) is 0 Å². The number of aromatic nitrogens is 2. The molecule has 2 amide bonds. The van der Waals surface area contributed by atoms with Crippen molar-refractivity contribution in [1.82, 2.24) is 19.8 Å². The Morgan fingerprint density at radius 1 is 0.608 bits per heavy atom. The monoisotopic (exact) mass is 1070 g/mol. The SMILES string of the molecule is CC.Cc1cccc(Cn2cccc(C(F)(F)F)c2=O)c1.O=C(N[C@@H](Cc1cccc(Cn2cc(C(F)(F)P)cc(C(F)(F)F)c2=O)c1)C(=O)O)c1c(F)cccc1F.O=C(O)CNC(=O)c1c(F)cccc1F. The van der Waals surface area contributed by atoms with Gasteiger partial charge in [0.05, 0.1) is 13.1 Å². The van der Waals surface area contributed by atoms with E-state index >= 15 is 0 Å². The van der Waals surface area contributed by atoms with Crippen molar-refractivity contribution in [2.45, 2.75) is 64.3 Å². The van der Waals surface area contributed by atoms with Gasteiger partial charge in [0.25, 0.3) is 28.6 Å². The summed E-state index contributed by atoms with van der Waals surface area (Å²) in [6.07, 6.45) is -8.29. The van der Waals surface area contributed by atoms with Crippen LogP contribution in [-0.2, 0) is 47.1 Å². The highest BCUT2D eigenvalue weighted by Crippen LogP contribution is 2.37. The van der Waals surface area contributed by atoms with E-state index in [0.717, 1.165) is 67.4 Å². The number of rotatable bonds is 13. The fraction of sp³-hybridized carbons (Fsp3) is 0.224. The maximum Gasteiger partial charge on any atom is 0.421 e. The maximum absolute atomic E-state index is 13.9. The van der Waals surface area contributed by atoms with Crippen LogP contribution in [0.4, 0.5) is 52.7 Å². The minimum atomic E-state index is -5.20. The van der Waals surface area contributed by atoms with Gasteiger partial charge in [0.1, 0.15) is 58.1 Å². The zero-order chi connectivity index (χ0) is 55.9. The van der Waals surface area contributed by atoms with Crippen LogP contribution in [0.15, 0.2) is 125 Å². The van der Waals surface area contributed by atoms with E-state index in [1.54, 1.807) is 6.07 Å². The van der Waals surface area contributed by atoms with Gasteiger partial charge < -0.3 is 30.0 Å². The van der Waals surface area contributed by atoms with Crippen molar-refractivity contribution in [3.8, 4) is 0 Å². The van der Waals surface area contributed by atoms with E-state index in [-0.39, 0.29) is 23.7 Å². The van der Waals surface area contributed by atoms with Crippen molar-refractivity contribution in [2.24, 2.45) is 0 Å². The minimum absolute atomic E-state index is 0.0702. The number of carboxylic acid groups (broad SMARTS) is 2. The van der Waals surface area contributed by atoms with Crippen molar-refractivity contribution in [2.75, 3.05) is 6.54 Å². The molecule has 1 unspecified atom stereocenters. The van der Waals surface area contributed by atoms with Crippen LogP contribution in [0.25, 0.3) is 0 Å². The lowest BCUT2D eigenvalue weighted by atomic mass is 10.0.